The van der Waals surface area contributed by atoms with E-state index in [0.29, 0.717) is 12.0 Å². The molecule has 0 bridgehead atoms. The Hall–Kier alpha value is -0.120. The molecule has 17 heavy (non-hydrogen) atoms. The monoisotopic (exact) mass is 243 g/mol. The number of hydrogen-bond donors (Lipinski definition) is 1. The Labute approximate surface area is 106 Å². The first kappa shape index (κ1) is 14.9. The van der Waals surface area contributed by atoms with Crippen molar-refractivity contribution in [2.24, 2.45) is 5.92 Å². The summed E-state index contributed by atoms with van der Waals surface area (Å²) < 4.78 is 5.13. The van der Waals surface area contributed by atoms with E-state index in [0.717, 1.165) is 19.7 Å². The van der Waals surface area contributed by atoms with Gasteiger partial charge in [-0.25, -0.2) is 0 Å². The Morgan fingerprint density at radius 2 is 1.88 bits per heavy atom. The van der Waals surface area contributed by atoms with Crippen LogP contribution in [-0.4, -0.2) is 49.0 Å². The minimum absolute atomic E-state index is 0.158. The molecule has 102 valence electrons. The van der Waals surface area contributed by atoms with Crippen LogP contribution in [0.15, 0.2) is 0 Å². The molecule has 0 radical (unpaired) electrons. The maximum absolute atomic E-state index is 10.3. The number of nitrogens with zero attached hydrogens (tertiary/aromatic N) is 1. The highest BCUT2D eigenvalue weighted by molar-refractivity contribution is 4.77. The van der Waals surface area contributed by atoms with Crippen molar-refractivity contribution in [1.82, 2.24) is 4.90 Å². The van der Waals surface area contributed by atoms with Crippen molar-refractivity contribution < 1.29 is 9.84 Å². The SMILES string of the molecule is COCCN(CC(O)C1CCCCC1)C(C)C. The van der Waals surface area contributed by atoms with Crippen LogP contribution in [0.3, 0.4) is 0 Å². The molecule has 0 saturated heterocycles. The van der Waals surface area contributed by atoms with Crippen molar-refractivity contribution >= 4 is 0 Å². The summed E-state index contributed by atoms with van der Waals surface area (Å²) in [5.41, 5.74) is 0. The molecule has 1 rings (SSSR count). The highest BCUT2D eigenvalue weighted by atomic mass is 16.5. The molecule has 1 atom stereocenters. The predicted molar refractivity (Wildman–Crippen MR) is 71.2 cm³/mol. The second-order valence-corrected chi connectivity index (χ2v) is 5.55. The summed E-state index contributed by atoms with van der Waals surface area (Å²) in [7, 11) is 1.73. The Morgan fingerprint density at radius 3 is 2.41 bits per heavy atom. The van der Waals surface area contributed by atoms with Crippen LogP contribution < -0.4 is 0 Å². The number of ether oxygens (including phenoxy) is 1. The molecule has 1 unspecified atom stereocenters. The quantitative estimate of drug-likeness (QED) is 0.744. The molecule has 0 heterocycles. The normalized spacial score (nSPS) is 20.1. The molecule has 0 aromatic rings. The van der Waals surface area contributed by atoms with Crippen molar-refractivity contribution in [3.63, 3.8) is 0 Å². The van der Waals surface area contributed by atoms with Gasteiger partial charge in [-0.05, 0) is 32.6 Å². The van der Waals surface area contributed by atoms with Crippen LogP contribution in [-0.2, 0) is 4.74 Å². The summed E-state index contributed by atoms with van der Waals surface area (Å²) in [6.45, 7) is 6.83. The Kier molecular flexibility index (Phi) is 7.09. The average Bonchev–Trinajstić information content (AvgIpc) is 2.35. The minimum atomic E-state index is -0.158. The van der Waals surface area contributed by atoms with Gasteiger partial charge in [-0.15, -0.1) is 0 Å². The van der Waals surface area contributed by atoms with Crippen molar-refractivity contribution in [1.29, 1.82) is 0 Å². The molecule has 1 N–H and O–H groups in total. The lowest BCUT2D eigenvalue weighted by atomic mass is 9.85. The van der Waals surface area contributed by atoms with Crippen LogP contribution in [0.5, 0.6) is 0 Å². The molecule has 3 heteroatoms. The molecule has 3 nitrogen and oxygen atoms in total. The van der Waals surface area contributed by atoms with Gasteiger partial charge in [-0.1, -0.05) is 19.3 Å². The van der Waals surface area contributed by atoms with Gasteiger partial charge in [0.2, 0.25) is 0 Å². The van der Waals surface area contributed by atoms with Crippen LogP contribution in [0.1, 0.15) is 46.0 Å². The fourth-order valence-electron chi connectivity index (χ4n) is 2.68. The number of methoxy groups -OCH3 is 1. The third kappa shape index (κ3) is 5.36. The zero-order valence-electron chi connectivity index (χ0n) is 11.7. The summed E-state index contributed by atoms with van der Waals surface area (Å²) in [5, 5.41) is 10.3. The van der Waals surface area contributed by atoms with E-state index in [-0.39, 0.29) is 6.10 Å². The summed E-state index contributed by atoms with van der Waals surface area (Å²) in [5.74, 6) is 0.521. The largest absolute Gasteiger partial charge is 0.392 e. The Balaban J connectivity index is 2.36. The number of aliphatic hydroxyl groups excluding tert-OH is 1. The zero-order chi connectivity index (χ0) is 12.7. The molecule has 0 aromatic heterocycles. The summed E-state index contributed by atoms with van der Waals surface area (Å²) >= 11 is 0. The van der Waals surface area contributed by atoms with Crippen molar-refractivity contribution in [2.45, 2.75) is 58.1 Å². The lowest BCUT2D eigenvalue weighted by molar-refractivity contribution is 0.0285. The molecular weight excluding hydrogens is 214 g/mol. The van der Waals surface area contributed by atoms with E-state index in [4.69, 9.17) is 4.74 Å². The molecule has 1 fully saturated rings. The van der Waals surface area contributed by atoms with Crippen molar-refractivity contribution in [3.05, 3.63) is 0 Å². The Bertz CT molecular complexity index is 191. The van der Waals surface area contributed by atoms with E-state index in [1.54, 1.807) is 7.11 Å². The van der Waals surface area contributed by atoms with Crippen LogP contribution in [0, 0.1) is 5.92 Å². The first-order valence-electron chi connectivity index (χ1n) is 7.06. The minimum Gasteiger partial charge on any atom is -0.392 e. The molecule has 0 aromatic carbocycles. The lowest BCUT2D eigenvalue weighted by Crippen LogP contribution is -2.42. The van der Waals surface area contributed by atoms with Crippen LogP contribution >= 0.6 is 0 Å². The fraction of sp³-hybridized carbons (Fsp3) is 1.00. The summed E-state index contributed by atoms with van der Waals surface area (Å²) in [6.07, 6.45) is 6.19. The maximum atomic E-state index is 10.3. The number of rotatable bonds is 7. The second kappa shape index (κ2) is 8.06. The van der Waals surface area contributed by atoms with E-state index < -0.39 is 0 Å². The van der Waals surface area contributed by atoms with E-state index in [9.17, 15) is 5.11 Å². The van der Waals surface area contributed by atoms with Gasteiger partial charge < -0.3 is 9.84 Å². The summed E-state index contributed by atoms with van der Waals surface area (Å²) in [6, 6.07) is 0.475. The van der Waals surface area contributed by atoms with Gasteiger partial charge in [0.25, 0.3) is 0 Å². The fourth-order valence-corrected chi connectivity index (χ4v) is 2.68. The summed E-state index contributed by atoms with van der Waals surface area (Å²) in [4.78, 5) is 2.32. The van der Waals surface area contributed by atoms with Gasteiger partial charge in [-0.3, -0.25) is 4.90 Å². The first-order valence-corrected chi connectivity index (χ1v) is 7.06. The van der Waals surface area contributed by atoms with Gasteiger partial charge in [-0.2, -0.15) is 0 Å². The maximum Gasteiger partial charge on any atom is 0.0695 e. The van der Waals surface area contributed by atoms with E-state index in [2.05, 4.69) is 18.7 Å². The number of hydrogen-bond acceptors (Lipinski definition) is 3. The van der Waals surface area contributed by atoms with E-state index in [1.807, 2.05) is 0 Å². The molecule has 0 spiro atoms. The van der Waals surface area contributed by atoms with Crippen LogP contribution in [0.25, 0.3) is 0 Å². The van der Waals surface area contributed by atoms with Crippen molar-refractivity contribution in [2.75, 3.05) is 26.8 Å². The predicted octanol–water partition coefficient (Wildman–Crippen LogP) is 2.28. The zero-order valence-corrected chi connectivity index (χ0v) is 11.7. The van der Waals surface area contributed by atoms with E-state index >= 15 is 0 Å². The van der Waals surface area contributed by atoms with Gasteiger partial charge in [0.05, 0.1) is 12.7 Å². The molecule has 0 amide bonds. The highest BCUT2D eigenvalue weighted by Crippen LogP contribution is 2.27. The Morgan fingerprint density at radius 1 is 1.24 bits per heavy atom. The molecule has 1 saturated carbocycles. The van der Waals surface area contributed by atoms with Gasteiger partial charge in [0, 0.05) is 26.2 Å². The third-order valence-electron chi connectivity index (χ3n) is 3.93. The van der Waals surface area contributed by atoms with E-state index in [1.165, 1.54) is 32.1 Å². The first-order chi connectivity index (χ1) is 8.15. The van der Waals surface area contributed by atoms with Gasteiger partial charge in [0.15, 0.2) is 0 Å². The van der Waals surface area contributed by atoms with Crippen molar-refractivity contribution in [3.8, 4) is 0 Å². The molecule has 0 aliphatic heterocycles. The molecular formula is C14H29NO2. The lowest BCUT2D eigenvalue weighted by Gasteiger charge is -2.33. The average molecular weight is 243 g/mol. The smallest absolute Gasteiger partial charge is 0.0695 e. The molecule has 1 aliphatic rings. The second-order valence-electron chi connectivity index (χ2n) is 5.55. The topological polar surface area (TPSA) is 32.7 Å². The molecule has 1 aliphatic carbocycles. The van der Waals surface area contributed by atoms with Crippen LogP contribution in [0.4, 0.5) is 0 Å². The standard InChI is InChI=1S/C14H29NO2/c1-12(2)15(9-10-17-3)11-14(16)13-7-5-4-6-8-13/h12-14,16H,4-11H2,1-3H3. The highest BCUT2D eigenvalue weighted by Gasteiger charge is 2.24. The van der Waals surface area contributed by atoms with Gasteiger partial charge >= 0.3 is 0 Å². The third-order valence-corrected chi connectivity index (χ3v) is 3.93. The van der Waals surface area contributed by atoms with Gasteiger partial charge in [0.1, 0.15) is 0 Å². The van der Waals surface area contributed by atoms with Crippen LogP contribution in [0.2, 0.25) is 0 Å². The number of aliphatic hydroxyl groups is 1.